The molecule has 0 radical (unpaired) electrons. The van der Waals surface area contributed by atoms with Crippen molar-refractivity contribution in [2.24, 2.45) is 0 Å². The standard InChI is InChI=1S/C16H20F3NO/c1-11-4-2-3-5-12(11)10-21-15(16(17,18)19)8-13-6-7-14(9-15)20-13/h2-5,13-14,20H,6-10H2,1H3. The smallest absolute Gasteiger partial charge is 0.361 e. The molecule has 2 heterocycles. The first-order valence-electron chi connectivity index (χ1n) is 7.41. The molecule has 2 saturated heterocycles. The molecule has 2 atom stereocenters. The topological polar surface area (TPSA) is 21.3 Å². The first-order chi connectivity index (χ1) is 9.90. The van der Waals surface area contributed by atoms with E-state index in [1.165, 1.54) is 0 Å². The predicted molar refractivity (Wildman–Crippen MR) is 73.9 cm³/mol. The van der Waals surface area contributed by atoms with Crippen LogP contribution in [0.3, 0.4) is 0 Å². The maximum atomic E-state index is 13.6. The fourth-order valence-electron chi connectivity index (χ4n) is 3.52. The molecule has 2 nitrogen and oxygen atoms in total. The number of hydrogen-bond donors (Lipinski definition) is 1. The Labute approximate surface area is 122 Å². The lowest BCUT2D eigenvalue weighted by Gasteiger charge is -2.42. The molecule has 0 aliphatic carbocycles. The van der Waals surface area contributed by atoms with E-state index < -0.39 is 11.8 Å². The first kappa shape index (κ1) is 14.9. The molecule has 2 aliphatic heterocycles. The van der Waals surface area contributed by atoms with Crippen LogP contribution in [0, 0.1) is 6.92 Å². The van der Waals surface area contributed by atoms with Gasteiger partial charge in [-0.1, -0.05) is 24.3 Å². The lowest BCUT2D eigenvalue weighted by Crippen LogP contribution is -2.57. The van der Waals surface area contributed by atoms with Gasteiger partial charge in [0, 0.05) is 24.9 Å². The van der Waals surface area contributed by atoms with Gasteiger partial charge in [-0.3, -0.25) is 0 Å². The van der Waals surface area contributed by atoms with E-state index in [1.54, 1.807) is 0 Å². The maximum Gasteiger partial charge on any atom is 0.417 e. The van der Waals surface area contributed by atoms with E-state index in [9.17, 15) is 13.2 Å². The third-order valence-corrected chi connectivity index (χ3v) is 4.77. The highest BCUT2D eigenvalue weighted by Crippen LogP contribution is 2.47. The highest BCUT2D eigenvalue weighted by Gasteiger charge is 2.60. The van der Waals surface area contributed by atoms with Gasteiger partial charge in [0.05, 0.1) is 6.61 Å². The predicted octanol–water partition coefficient (Wildman–Crippen LogP) is 3.73. The van der Waals surface area contributed by atoms with Gasteiger partial charge < -0.3 is 10.1 Å². The van der Waals surface area contributed by atoms with Crippen molar-refractivity contribution in [1.29, 1.82) is 0 Å². The van der Waals surface area contributed by atoms with Crippen molar-refractivity contribution < 1.29 is 17.9 Å². The van der Waals surface area contributed by atoms with Gasteiger partial charge in [-0.25, -0.2) is 0 Å². The first-order valence-corrected chi connectivity index (χ1v) is 7.41. The molecule has 3 rings (SSSR count). The summed E-state index contributed by atoms with van der Waals surface area (Å²) in [6, 6.07) is 7.30. The Balaban J connectivity index is 1.79. The Hall–Kier alpha value is -1.07. The highest BCUT2D eigenvalue weighted by molar-refractivity contribution is 5.25. The number of fused-ring (bicyclic) bond motifs is 2. The second kappa shape index (κ2) is 5.29. The lowest BCUT2D eigenvalue weighted by atomic mass is 9.86. The Morgan fingerprint density at radius 3 is 2.38 bits per heavy atom. The summed E-state index contributed by atoms with van der Waals surface area (Å²) >= 11 is 0. The molecule has 0 amide bonds. The molecule has 2 bridgehead atoms. The summed E-state index contributed by atoms with van der Waals surface area (Å²) in [6.07, 6.45) is -2.64. The van der Waals surface area contributed by atoms with Gasteiger partial charge in [-0.05, 0) is 30.9 Å². The van der Waals surface area contributed by atoms with Gasteiger partial charge in [0.1, 0.15) is 0 Å². The summed E-state index contributed by atoms with van der Waals surface area (Å²) in [7, 11) is 0. The molecule has 2 fully saturated rings. The Morgan fingerprint density at radius 2 is 1.81 bits per heavy atom. The number of halogens is 3. The molecule has 5 heteroatoms. The van der Waals surface area contributed by atoms with Crippen LogP contribution in [0.5, 0.6) is 0 Å². The van der Waals surface area contributed by atoms with Gasteiger partial charge in [0.15, 0.2) is 5.60 Å². The van der Waals surface area contributed by atoms with E-state index in [2.05, 4.69) is 5.32 Å². The molecule has 0 aromatic heterocycles. The molecule has 2 unspecified atom stereocenters. The van der Waals surface area contributed by atoms with Crippen LogP contribution in [-0.4, -0.2) is 23.9 Å². The van der Waals surface area contributed by atoms with Gasteiger partial charge in [0.25, 0.3) is 0 Å². The van der Waals surface area contributed by atoms with Gasteiger partial charge in [0.2, 0.25) is 0 Å². The largest absolute Gasteiger partial charge is 0.417 e. The van der Waals surface area contributed by atoms with E-state index in [0.717, 1.165) is 24.0 Å². The van der Waals surface area contributed by atoms with E-state index in [-0.39, 0.29) is 31.5 Å². The highest BCUT2D eigenvalue weighted by atomic mass is 19.4. The van der Waals surface area contributed by atoms with E-state index in [0.29, 0.717) is 0 Å². The number of piperidine rings is 1. The van der Waals surface area contributed by atoms with E-state index in [4.69, 9.17) is 4.74 Å². The molecule has 2 aliphatic rings. The van der Waals surface area contributed by atoms with Crippen molar-refractivity contribution in [2.45, 2.75) is 63.1 Å². The third-order valence-electron chi connectivity index (χ3n) is 4.77. The minimum Gasteiger partial charge on any atom is -0.361 e. The van der Waals surface area contributed by atoms with Crippen LogP contribution < -0.4 is 5.32 Å². The van der Waals surface area contributed by atoms with Crippen LogP contribution in [0.15, 0.2) is 24.3 Å². The number of alkyl halides is 3. The number of benzene rings is 1. The number of nitrogens with one attached hydrogen (secondary N) is 1. The van der Waals surface area contributed by atoms with Crippen LogP contribution in [0.4, 0.5) is 13.2 Å². The monoisotopic (exact) mass is 299 g/mol. The third kappa shape index (κ3) is 2.81. The summed E-state index contributed by atoms with van der Waals surface area (Å²) < 4.78 is 46.4. The number of ether oxygens (including phenoxy) is 1. The molecule has 1 aromatic carbocycles. The van der Waals surface area contributed by atoms with Crippen molar-refractivity contribution in [2.75, 3.05) is 0 Å². The quantitative estimate of drug-likeness (QED) is 0.918. The second-order valence-corrected chi connectivity index (χ2v) is 6.25. The number of hydrogen-bond acceptors (Lipinski definition) is 2. The molecule has 1 N–H and O–H groups in total. The summed E-state index contributed by atoms with van der Waals surface area (Å²) in [5, 5.41) is 3.25. The van der Waals surface area contributed by atoms with Crippen molar-refractivity contribution in [3.05, 3.63) is 35.4 Å². The molecular formula is C16H20F3NO. The Morgan fingerprint density at radius 1 is 1.19 bits per heavy atom. The summed E-state index contributed by atoms with van der Waals surface area (Å²) in [5.74, 6) is 0. The fraction of sp³-hybridized carbons (Fsp3) is 0.625. The van der Waals surface area contributed by atoms with Gasteiger partial charge in [-0.2, -0.15) is 13.2 Å². The van der Waals surface area contributed by atoms with Crippen LogP contribution in [0.2, 0.25) is 0 Å². The van der Waals surface area contributed by atoms with Crippen LogP contribution in [-0.2, 0) is 11.3 Å². The molecule has 1 aromatic rings. The van der Waals surface area contributed by atoms with Crippen molar-refractivity contribution >= 4 is 0 Å². The average molecular weight is 299 g/mol. The number of aryl methyl sites for hydroxylation is 1. The van der Waals surface area contributed by atoms with Crippen molar-refractivity contribution in [3.8, 4) is 0 Å². The SMILES string of the molecule is Cc1ccccc1COC1(C(F)(F)F)CC2CCC(C1)N2. The van der Waals surface area contributed by atoms with E-state index >= 15 is 0 Å². The zero-order chi connectivity index (χ0) is 15.1. The summed E-state index contributed by atoms with van der Waals surface area (Å²) in [4.78, 5) is 0. The minimum atomic E-state index is -4.32. The van der Waals surface area contributed by atoms with Crippen LogP contribution in [0.1, 0.15) is 36.8 Å². The van der Waals surface area contributed by atoms with Crippen LogP contribution in [0.25, 0.3) is 0 Å². The van der Waals surface area contributed by atoms with Gasteiger partial charge in [-0.15, -0.1) is 0 Å². The minimum absolute atomic E-state index is 0.0195. The maximum absolute atomic E-state index is 13.6. The summed E-state index contributed by atoms with van der Waals surface area (Å²) in [5.41, 5.74) is -0.203. The second-order valence-electron chi connectivity index (χ2n) is 6.25. The van der Waals surface area contributed by atoms with Crippen molar-refractivity contribution in [3.63, 3.8) is 0 Å². The molecule has 0 spiro atoms. The zero-order valence-corrected chi connectivity index (χ0v) is 12.0. The molecule has 21 heavy (non-hydrogen) atoms. The van der Waals surface area contributed by atoms with Crippen molar-refractivity contribution in [1.82, 2.24) is 5.32 Å². The Kier molecular flexibility index (Phi) is 3.74. The summed E-state index contributed by atoms with van der Waals surface area (Å²) in [6.45, 7) is 1.91. The lowest BCUT2D eigenvalue weighted by molar-refractivity contribution is -0.293. The van der Waals surface area contributed by atoms with E-state index in [1.807, 2.05) is 31.2 Å². The normalized spacial score (nSPS) is 32.4. The number of rotatable bonds is 3. The molecule has 116 valence electrons. The average Bonchev–Trinajstić information content (AvgIpc) is 2.76. The fourth-order valence-corrected chi connectivity index (χ4v) is 3.52. The van der Waals surface area contributed by atoms with Gasteiger partial charge >= 0.3 is 6.18 Å². The Bertz CT molecular complexity index is 502. The molecule has 0 saturated carbocycles. The molecular weight excluding hydrogens is 279 g/mol. The van der Waals surface area contributed by atoms with Crippen LogP contribution >= 0.6 is 0 Å². The zero-order valence-electron chi connectivity index (χ0n) is 12.0.